The summed E-state index contributed by atoms with van der Waals surface area (Å²) in [4.78, 5) is 8.57. The number of imidazole rings is 1. The SMILES string of the molecule is Cc1ccc(F)c(Nc2nc(-c3ccc(-n4cnc(C)c4)c(F)c3)cs2)c1. The quantitative estimate of drug-likeness (QED) is 0.497. The number of benzene rings is 2. The van der Waals surface area contributed by atoms with Crippen LogP contribution in [-0.2, 0) is 0 Å². The van der Waals surface area contributed by atoms with E-state index in [-0.39, 0.29) is 11.6 Å². The molecule has 0 spiro atoms. The van der Waals surface area contributed by atoms with Gasteiger partial charge in [0.25, 0.3) is 0 Å². The molecule has 0 saturated carbocycles. The molecule has 2 aromatic heterocycles. The van der Waals surface area contributed by atoms with Crippen LogP contribution in [0.5, 0.6) is 0 Å². The van der Waals surface area contributed by atoms with Crippen LogP contribution in [0.1, 0.15) is 11.3 Å². The van der Waals surface area contributed by atoms with E-state index in [1.165, 1.54) is 23.5 Å². The van der Waals surface area contributed by atoms with Crippen LogP contribution in [0.2, 0.25) is 0 Å². The van der Waals surface area contributed by atoms with Gasteiger partial charge in [-0.3, -0.25) is 0 Å². The van der Waals surface area contributed by atoms with Crippen LogP contribution in [0, 0.1) is 25.5 Å². The number of anilines is 2. The lowest BCUT2D eigenvalue weighted by atomic mass is 10.1. The molecule has 136 valence electrons. The molecule has 0 aliphatic rings. The predicted molar refractivity (Wildman–Crippen MR) is 104 cm³/mol. The zero-order valence-electron chi connectivity index (χ0n) is 14.7. The first kappa shape index (κ1) is 17.4. The fraction of sp³-hybridized carbons (Fsp3) is 0.100. The largest absolute Gasteiger partial charge is 0.329 e. The van der Waals surface area contributed by atoms with Gasteiger partial charge in [0, 0.05) is 17.1 Å². The summed E-state index contributed by atoms with van der Waals surface area (Å²) in [6.07, 6.45) is 3.34. The maximum absolute atomic E-state index is 14.5. The van der Waals surface area contributed by atoms with Crippen LogP contribution < -0.4 is 5.32 Å². The number of hydrogen-bond donors (Lipinski definition) is 1. The number of nitrogens with one attached hydrogen (secondary N) is 1. The Morgan fingerprint density at radius 3 is 2.63 bits per heavy atom. The molecular weight excluding hydrogens is 366 g/mol. The molecule has 0 aliphatic carbocycles. The number of halogens is 2. The Morgan fingerprint density at radius 1 is 1.04 bits per heavy atom. The topological polar surface area (TPSA) is 42.7 Å². The van der Waals surface area contributed by atoms with Crippen molar-refractivity contribution in [3.8, 4) is 16.9 Å². The smallest absolute Gasteiger partial charge is 0.187 e. The van der Waals surface area contributed by atoms with Crippen LogP contribution in [0.3, 0.4) is 0 Å². The van der Waals surface area contributed by atoms with Gasteiger partial charge in [0.15, 0.2) is 5.13 Å². The summed E-state index contributed by atoms with van der Waals surface area (Å²) in [5.41, 5.74) is 3.84. The van der Waals surface area contributed by atoms with Gasteiger partial charge in [0.05, 0.1) is 29.1 Å². The third-order valence-corrected chi connectivity index (χ3v) is 4.86. The average molecular weight is 382 g/mol. The summed E-state index contributed by atoms with van der Waals surface area (Å²) in [5, 5.41) is 5.34. The minimum absolute atomic E-state index is 0.344. The minimum atomic E-state index is -0.364. The molecule has 27 heavy (non-hydrogen) atoms. The molecule has 4 aromatic rings. The second kappa shape index (κ2) is 6.92. The Labute approximate surface area is 159 Å². The number of aryl methyl sites for hydroxylation is 2. The van der Waals surface area contributed by atoms with E-state index in [0.29, 0.717) is 27.8 Å². The molecule has 0 aliphatic heterocycles. The first-order chi connectivity index (χ1) is 13.0. The molecule has 0 saturated heterocycles. The standard InChI is InChI=1S/C20H16F2N4S/c1-12-3-5-15(21)17(7-12)24-20-25-18(10-27-20)14-4-6-19(16(22)8-14)26-9-13(2)23-11-26/h3-11H,1-2H3,(H,24,25). The number of hydrogen-bond acceptors (Lipinski definition) is 4. The summed E-state index contributed by atoms with van der Waals surface area (Å²) in [6, 6.07) is 9.78. The molecule has 2 aromatic carbocycles. The van der Waals surface area contributed by atoms with Gasteiger partial charge in [-0.25, -0.2) is 18.7 Å². The molecule has 1 N–H and O–H groups in total. The van der Waals surface area contributed by atoms with Crippen molar-refractivity contribution in [3.05, 3.63) is 77.2 Å². The second-order valence-corrected chi connectivity index (χ2v) is 7.09. The highest BCUT2D eigenvalue weighted by Crippen LogP contribution is 2.30. The zero-order chi connectivity index (χ0) is 19.0. The number of thiazole rings is 1. The van der Waals surface area contributed by atoms with Crippen molar-refractivity contribution < 1.29 is 8.78 Å². The van der Waals surface area contributed by atoms with Crippen molar-refractivity contribution >= 4 is 22.2 Å². The third kappa shape index (κ3) is 3.59. The predicted octanol–water partition coefficient (Wildman–Crippen LogP) is 5.63. The Bertz CT molecular complexity index is 1120. The maximum Gasteiger partial charge on any atom is 0.187 e. The second-order valence-electron chi connectivity index (χ2n) is 6.23. The number of aromatic nitrogens is 3. The molecule has 7 heteroatoms. The normalized spacial score (nSPS) is 11.0. The third-order valence-electron chi connectivity index (χ3n) is 4.10. The molecule has 0 unspecified atom stereocenters. The monoisotopic (exact) mass is 382 g/mol. The molecule has 0 bridgehead atoms. The summed E-state index contributed by atoms with van der Waals surface area (Å²) in [6.45, 7) is 3.74. The van der Waals surface area contributed by atoms with E-state index in [2.05, 4.69) is 15.3 Å². The summed E-state index contributed by atoms with van der Waals surface area (Å²) in [7, 11) is 0. The van der Waals surface area contributed by atoms with Gasteiger partial charge in [0.1, 0.15) is 11.6 Å². The Morgan fingerprint density at radius 2 is 1.89 bits per heavy atom. The molecule has 0 radical (unpaired) electrons. The molecule has 4 nitrogen and oxygen atoms in total. The van der Waals surface area contributed by atoms with Gasteiger partial charge < -0.3 is 9.88 Å². The van der Waals surface area contributed by atoms with E-state index in [1.54, 1.807) is 41.4 Å². The van der Waals surface area contributed by atoms with Crippen molar-refractivity contribution in [1.29, 1.82) is 0 Å². The van der Waals surface area contributed by atoms with Gasteiger partial charge in [0.2, 0.25) is 0 Å². The van der Waals surface area contributed by atoms with Crippen LogP contribution in [-0.4, -0.2) is 14.5 Å². The fourth-order valence-corrected chi connectivity index (χ4v) is 3.47. The maximum atomic E-state index is 14.5. The average Bonchev–Trinajstić information content (AvgIpc) is 3.27. The van der Waals surface area contributed by atoms with E-state index >= 15 is 0 Å². The van der Waals surface area contributed by atoms with Gasteiger partial charge in [-0.1, -0.05) is 12.1 Å². The van der Waals surface area contributed by atoms with Crippen molar-refractivity contribution in [2.24, 2.45) is 0 Å². The highest BCUT2D eigenvalue weighted by Gasteiger charge is 2.11. The van der Waals surface area contributed by atoms with Crippen molar-refractivity contribution in [1.82, 2.24) is 14.5 Å². The van der Waals surface area contributed by atoms with Gasteiger partial charge in [-0.15, -0.1) is 11.3 Å². The van der Waals surface area contributed by atoms with E-state index in [4.69, 9.17) is 0 Å². The molecular formula is C20H16F2N4S. The van der Waals surface area contributed by atoms with Crippen LogP contribution >= 0.6 is 11.3 Å². The van der Waals surface area contributed by atoms with Crippen LogP contribution in [0.4, 0.5) is 19.6 Å². The minimum Gasteiger partial charge on any atom is -0.329 e. The van der Waals surface area contributed by atoms with E-state index in [0.717, 1.165) is 11.3 Å². The Kier molecular flexibility index (Phi) is 4.45. The summed E-state index contributed by atoms with van der Waals surface area (Å²) < 4.78 is 30.1. The highest BCUT2D eigenvalue weighted by molar-refractivity contribution is 7.14. The van der Waals surface area contributed by atoms with E-state index in [9.17, 15) is 8.78 Å². The fourth-order valence-electron chi connectivity index (χ4n) is 2.74. The molecule has 0 amide bonds. The van der Waals surface area contributed by atoms with E-state index in [1.807, 2.05) is 19.2 Å². The molecule has 4 rings (SSSR count). The van der Waals surface area contributed by atoms with Crippen molar-refractivity contribution in [3.63, 3.8) is 0 Å². The molecule has 0 atom stereocenters. The molecule has 2 heterocycles. The van der Waals surface area contributed by atoms with Gasteiger partial charge >= 0.3 is 0 Å². The van der Waals surface area contributed by atoms with Crippen molar-refractivity contribution in [2.45, 2.75) is 13.8 Å². The first-order valence-corrected chi connectivity index (χ1v) is 9.17. The zero-order valence-corrected chi connectivity index (χ0v) is 15.5. The summed E-state index contributed by atoms with van der Waals surface area (Å²) >= 11 is 1.34. The van der Waals surface area contributed by atoms with Crippen molar-refractivity contribution in [2.75, 3.05) is 5.32 Å². The Hall–Kier alpha value is -3.06. The lowest BCUT2D eigenvalue weighted by Crippen LogP contribution is -1.96. The summed E-state index contributed by atoms with van der Waals surface area (Å²) in [5.74, 6) is -0.708. The van der Waals surface area contributed by atoms with Crippen LogP contribution in [0.15, 0.2) is 54.3 Å². The number of rotatable bonds is 4. The lowest BCUT2D eigenvalue weighted by Gasteiger charge is -2.06. The first-order valence-electron chi connectivity index (χ1n) is 8.29. The lowest BCUT2D eigenvalue weighted by molar-refractivity contribution is 0.618. The van der Waals surface area contributed by atoms with E-state index < -0.39 is 0 Å². The van der Waals surface area contributed by atoms with Crippen LogP contribution in [0.25, 0.3) is 16.9 Å². The molecule has 0 fully saturated rings. The number of nitrogens with zero attached hydrogens (tertiary/aromatic N) is 3. The van der Waals surface area contributed by atoms with Gasteiger partial charge in [-0.05, 0) is 43.7 Å². The highest BCUT2D eigenvalue weighted by atomic mass is 32.1. The Balaban J connectivity index is 1.60. The van der Waals surface area contributed by atoms with Gasteiger partial charge in [-0.2, -0.15) is 0 Å².